The monoisotopic (exact) mass is 430 g/mol. The van der Waals surface area contributed by atoms with Crippen LogP contribution in [0.15, 0.2) is 47.3 Å². The number of benzene rings is 2. The van der Waals surface area contributed by atoms with Crippen molar-refractivity contribution < 1.29 is 13.2 Å². The minimum atomic E-state index is -3.45. The molecule has 0 unspecified atom stereocenters. The molecular weight excluding hydrogens is 404 g/mol. The van der Waals surface area contributed by atoms with E-state index in [1.807, 2.05) is 19.1 Å². The molecule has 1 heterocycles. The Labute approximate surface area is 175 Å². The zero-order chi connectivity index (χ0) is 22.1. The summed E-state index contributed by atoms with van der Waals surface area (Å²) in [5, 5.41) is 2.82. The van der Waals surface area contributed by atoms with E-state index in [1.165, 1.54) is 8.87 Å². The third-order valence-corrected chi connectivity index (χ3v) is 6.24. The number of rotatable bonds is 7. The van der Waals surface area contributed by atoms with E-state index in [9.17, 15) is 18.0 Å². The Morgan fingerprint density at radius 2 is 1.67 bits per heavy atom. The number of hydrogen-bond donors (Lipinski definition) is 1. The SMILES string of the molecule is Cc1ccc(N(CCCC(=O)Nc2ccc3c(c2)n(C)c(=O)n3C)S(C)(=O)=O)cc1. The number of fused-ring (bicyclic) bond motifs is 1. The minimum Gasteiger partial charge on any atom is -0.326 e. The van der Waals surface area contributed by atoms with Gasteiger partial charge in [-0.25, -0.2) is 13.2 Å². The highest BCUT2D eigenvalue weighted by Gasteiger charge is 2.17. The van der Waals surface area contributed by atoms with E-state index in [4.69, 9.17) is 0 Å². The molecule has 9 heteroatoms. The molecule has 1 N–H and O–H groups in total. The van der Waals surface area contributed by atoms with Crippen LogP contribution in [0.2, 0.25) is 0 Å². The zero-order valence-corrected chi connectivity index (χ0v) is 18.4. The number of nitrogens with zero attached hydrogens (tertiary/aromatic N) is 3. The molecular formula is C21H26N4O4S. The first-order chi connectivity index (χ1) is 14.1. The third-order valence-electron chi connectivity index (χ3n) is 5.04. The first-order valence-corrected chi connectivity index (χ1v) is 11.4. The van der Waals surface area contributed by atoms with Gasteiger partial charge >= 0.3 is 5.69 Å². The van der Waals surface area contributed by atoms with Crippen LogP contribution in [0.3, 0.4) is 0 Å². The number of sulfonamides is 1. The van der Waals surface area contributed by atoms with E-state index >= 15 is 0 Å². The van der Waals surface area contributed by atoms with Crippen LogP contribution in [-0.2, 0) is 28.9 Å². The van der Waals surface area contributed by atoms with Gasteiger partial charge in [0.25, 0.3) is 0 Å². The topological polar surface area (TPSA) is 93.4 Å². The number of nitrogens with one attached hydrogen (secondary N) is 1. The van der Waals surface area contributed by atoms with E-state index in [-0.39, 0.29) is 24.6 Å². The number of carbonyl (C=O) groups is 1. The Kier molecular flexibility index (Phi) is 6.02. The highest BCUT2D eigenvalue weighted by Crippen LogP contribution is 2.20. The number of hydrogen-bond acceptors (Lipinski definition) is 4. The summed E-state index contributed by atoms with van der Waals surface area (Å²) in [6.07, 6.45) is 1.70. The normalized spacial score (nSPS) is 11.6. The van der Waals surface area contributed by atoms with E-state index in [2.05, 4.69) is 5.32 Å². The standard InChI is InChI=1S/C21H26N4O4S/c1-15-7-10-17(11-8-15)25(30(4,28)29)13-5-6-20(26)22-16-9-12-18-19(14-16)24(3)21(27)23(18)2/h7-12,14H,5-6,13H2,1-4H3,(H,22,26). The largest absolute Gasteiger partial charge is 0.328 e. The molecule has 0 bridgehead atoms. The van der Waals surface area contributed by atoms with Crippen LogP contribution in [0.4, 0.5) is 11.4 Å². The van der Waals surface area contributed by atoms with Gasteiger partial charge in [0.2, 0.25) is 15.9 Å². The van der Waals surface area contributed by atoms with Crippen LogP contribution in [-0.4, -0.2) is 36.3 Å². The second-order valence-electron chi connectivity index (χ2n) is 7.43. The van der Waals surface area contributed by atoms with E-state index in [0.29, 0.717) is 17.8 Å². The Bertz CT molecular complexity index is 1240. The van der Waals surface area contributed by atoms with Gasteiger partial charge in [-0.15, -0.1) is 0 Å². The summed E-state index contributed by atoms with van der Waals surface area (Å²) in [5.41, 5.74) is 3.58. The quantitative estimate of drug-likeness (QED) is 0.623. The second kappa shape index (κ2) is 8.35. The maximum absolute atomic E-state index is 12.4. The van der Waals surface area contributed by atoms with Crippen LogP contribution in [0, 0.1) is 6.92 Å². The molecule has 3 rings (SSSR count). The molecule has 1 aromatic heterocycles. The fourth-order valence-corrected chi connectivity index (χ4v) is 4.35. The van der Waals surface area contributed by atoms with E-state index in [0.717, 1.165) is 22.9 Å². The smallest absolute Gasteiger partial charge is 0.326 e. The Morgan fingerprint density at radius 1 is 1.03 bits per heavy atom. The molecule has 1 amide bonds. The summed E-state index contributed by atoms with van der Waals surface area (Å²) in [7, 11) is -0.0710. The molecule has 0 saturated heterocycles. The summed E-state index contributed by atoms with van der Waals surface area (Å²) in [5.74, 6) is -0.215. The van der Waals surface area contributed by atoms with Crippen LogP contribution >= 0.6 is 0 Å². The van der Waals surface area contributed by atoms with Gasteiger partial charge in [0.05, 0.1) is 23.0 Å². The summed E-state index contributed by atoms with van der Waals surface area (Å²) >= 11 is 0. The van der Waals surface area contributed by atoms with Gasteiger partial charge in [0.1, 0.15) is 0 Å². The van der Waals surface area contributed by atoms with Crippen molar-refractivity contribution in [3.05, 3.63) is 58.5 Å². The fourth-order valence-electron chi connectivity index (χ4n) is 3.39. The van der Waals surface area contributed by atoms with E-state index < -0.39 is 10.0 Å². The Morgan fingerprint density at radius 3 is 2.30 bits per heavy atom. The lowest BCUT2D eigenvalue weighted by Crippen LogP contribution is -2.31. The molecule has 0 spiro atoms. The van der Waals surface area contributed by atoms with Crippen LogP contribution < -0.4 is 15.3 Å². The number of aromatic nitrogens is 2. The number of carbonyl (C=O) groups excluding carboxylic acids is 1. The first-order valence-electron chi connectivity index (χ1n) is 9.57. The van der Waals surface area contributed by atoms with Crippen molar-refractivity contribution in [2.24, 2.45) is 14.1 Å². The number of amides is 1. The van der Waals surface area contributed by atoms with Crippen molar-refractivity contribution in [3.63, 3.8) is 0 Å². The van der Waals surface area contributed by atoms with Gasteiger partial charge in [0.15, 0.2) is 0 Å². The average molecular weight is 431 g/mol. The Hall–Kier alpha value is -3.07. The predicted molar refractivity (Wildman–Crippen MR) is 119 cm³/mol. The van der Waals surface area contributed by atoms with Crippen molar-refractivity contribution >= 4 is 38.3 Å². The maximum atomic E-state index is 12.4. The van der Waals surface area contributed by atoms with Gasteiger partial charge < -0.3 is 5.32 Å². The highest BCUT2D eigenvalue weighted by atomic mass is 32.2. The molecule has 2 aromatic carbocycles. The van der Waals surface area contributed by atoms with Crippen molar-refractivity contribution in [2.45, 2.75) is 19.8 Å². The molecule has 0 saturated carbocycles. The van der Waals surface area contributed by atoms with Crippen LogP contribution in [0.25, 0.3) is 11.0 Å². The molecule has 0 radical (unpaired) electrons. The maximum Gasteiger partial charge on any atom is 0.328 e. The van der Waals surface area contributed by atoms with Gasteiger partial charge in [-0.2, -0.15) is 0 Å². The lowest BCUT2D eigenvalue weighted by molar-refractivity contribution is -0.116. The van der Waals surface area contributed by atoms with Crippen molar-refractivity contribution in [3.8, 4) is 0 Å². The molecule has 0 atom stereocenters. The number of imidazole rings is 1. The summed E-state index contributed by atoms with van der Waals surface area (Å²) in [6.45, 7) is 2.14. The van der Waals surface area contributed by atoms with Crippen molar-refractivity contribution in [1.29, 1.82) is 0 Å². The van der Waals surface area contributed by atoms with Crippen LogP contribution in [0.1, 0.15) is 18.4 Å². The lowest BCUT2D eigenvalue weighted by atomic mass is 10.2. The van der Waals surface area contributed by atoms with E-state index in [1.54, 1.807) is 49.0 Å². The number of aryl methyl sites for hydroxylation is 3. The van der Waals surface area contributed by atoms with Crippen LogP contribution in [0.5, 0.6) is 0 Å². The van der Waals surface area contributed by atoms with Crippen molar-refractivity contribution in [1.82, 2.24) is 9.13 Å². The van der Waals surface area contributed by atoms with Gasteiger partial charge in [0, 0.05) is 32.7 Å². The molecule has 30 heavy (non-hydrogen) atoms. The molecule has 3 aromatic rings. The minimum absolute atomic E-state index is 0.134. The van der Waals surface area contributed by atoms with Gasteiger partial charge in [-0.05, 0) is 43.7 Å². The Balaban J connectivity index is 1.65. The van der Waals surface area contributed by atoms with Gasteiger partial charge in [-0.3, -0.25) is 18.2 Å². The molecule has 160 valence electrons. The zero-order valence-electron chi connectivity index (χ0n) is 17.5. The molecule has 0 aliphatic carbocycles. The van der Waals surface area contributed by atoms with Gasteiger partial charge in [-0.1, -0.05) is 17.7 Å². The second-order valence-corrected chi connectivity index (χ2v) is 9.33. The highest BCUT2D eigenvalue weighted by molar-refractivity contribution is 7.92. The summed E-state index contributed by atoms with van der Waals surface area (Å²) in [6, 6.07) is 12.5. The molecule has 8 nitrogen and oxygen atoms in total. The average Bonchev–Trinajstić information content (AvgIpc) is 2.89. The van der Waals surface area contributed by atoms with Crippen molar-refractivity contribution in [2.75, 3.05) is 22.4 Å². The predicted octanol–water partition coefficient (Wildman–Crippen LogP) is 2.37. The lowest BCUT2D eigenvalue weighted by Gasteiger charge is -2.22. The third kappa shape index (κ3) is 4.56. The fraction of sp³-hybridized carbons (Fsp3) is 0.333. The molecule has 0 aliphatic rings. The summed E-state index contributed by atoms with van der Waals surface area (Å²) in [4.78, 5) is 24.4. The molecule has 0 aliphatic heterocycles. The summed E-state index contributed by atoms with van der Waals surface area (Å²) < 4.78 is 28.7. The first kappa shape index (κ1) is 21.6. The molecule has 0 fully saturated rings. The number of anilines is 2.